The molecule has 2 rings (SSSR count). The van der Waals surface area contributed by atoms with Crippen LogP contribution in [0.2, 0.25) is 5.02 Å². The molecule has 0 bridgehead atoms. The maximum absolute atomic E-state index is 13.5. The maximum Gasteiger partial charge on any atom is 0.224 e. The summed E-state index contributed by atoms with van der Waals surface area (Å²) in [5.74, 6) is -0.524. The molecule has 0 aromatic heterocycles. The van der Waals surface area contributed by atoms with Gasteiger partial charge in [0.2, 0.25) is 5.91 Å². The van der Waals surface area contributed by atoms with Crippen LogP contribution in [0.1, 0.15) is 37.7 Å². The topological polar surface area (TPSA) is 29.1 Å². The number of halogens is 2. The predicted molar refractivity (Wildman–Crippen MR) is 70.1 cm³/mol. The number of hydrogen-bond donors (Lipinski definition) is 1. The zero-order valence-electron chi connectivity index (χ0n) is 10.2. The molecule has 1 N–H and O–H groups in total. The summed E-state index contributed by atoms with van der Waals surface area (Å²) in [5, 5.41) is 3.32. The zero-order chi connectivity index (χ0) is 13.0. The van der Waals surface area contributed by atoms with E-state index in [9.17, 15) is 9.18 Å². The van der Waals surface area contributed by atoms with Gasteiger partial charge in [0.05, 0.1) is 6.42 Å². The molecule has 1 amide bonds. The van der Waals surface area contributed by atoms with Crippen molar-refractivity contribution < 1.29 is 9.18 Å². The van der Waals surface area contributed by atoms with Crippen molar-refractivity contribution in [3.05, 3.63) is 34.6 Å². The lowest BCUT2D eigenvalue weighted by Gasteiger charge is -2.22. The second kappa shape index (κ2) is 6.19. The van der Waals surface area contributed by atoms with Gasteiger partial charge < -0.3 is 5.32 Å². The van der Waals surface area contributed by atoms with Crippen LogP contribution in [0.4, 0.5) is 4.39 Å². The molecule has 0 aliphatic heterocycles. The highest BCUT2D eigenvalue weighted by molar-refractivity contribution is 6.30. The summed E-state index contributed by atoms with van der Waals surface area (Å²) >= 11 is 5.67. The van der Waals surface area contributed by atoms with Crippen LogP contribution >= 0.6 is 11.6 Å². The molecular weight excluding hydrogens is 253 g/mol. The highest BCUT2D eigenvalue weighted by Gasteiger charge is 2.16. The Balaban J connectivity index is 1.90. The van der Waals surface area contributed by atoms with E-state index in [0.29, 0.717) is 10.6 Å². The van der Waals surface area contributed by atoms with E-state index in [1.165, 1.54) is 25.3 Å². The van der Waals surface area contributed by atoms with E-state index in [-0.39, 0.29) is 18.4 Å². The van der Waals surface area contributed by atoms with Crippen molar-refractivity contribution in [2.75, 3.05) is 0 Å². The molecule has 1 fully saturated rings. The fourth-order valence-corrected chi connectivity index (χ4v) is 2.52. The third kappa shape index (κ3) is 3.70. The van der Waals surface area contributed by atoms with E-state index in [1.807, 2.05) is 0 Å². The Hall–Kier alpha value is -1.09. The molecule has 2 nitrogen and oxygen atoms in total. The van der Waals surface area contributed by atoms with Gasteiger partial charge in [-0.05, 0) is 30.5 Å². The minimum Gasteiger partial charge on any atom is -0.353 e. The number of hydrogen-bond acceptors (Lipinski definition) is 1. The van der Waals surface area contributed by atoms with Crippen molar-refractivity contribution in [1.82, 2.24) is 5.32 Å². The number of carbonyl (C=O) groups excluding carboxylic acids is 1. The molecule has 1 aromatic carbocycles. The largest absolute Gasteiger partial charge is 0.353 e. The van der Waals surface area contributed by atoms with E-state index in [0.717, 1.165) is 12.8 Å². The first-order chi connectivity index (χ1) is 8.65. The van der Waals surface area contributed by atoms with Crippen LogP contribution < -0.4 is 5.32 Å². The van der Waals surface area contributed by atoms with Gasteiger partial charge in [0, 0.05) is 11.1 Å². The van der Waals surface area contributed by atoms with Gasteiger partial charge in [0.1, 0.15) is 5.82 Å². The Kier molecular flexibility index (Phi) is 4.59. The third-order valence-corrected chi connectivity index (χ3v) is 3.57. The van der Waals surface area contributed by atoms with Gasteiger partial charge in [-0.15, -0.1) is 0 Å². The normalized spacial score (nSPS) is 16.6. The summed E-state index contributed by atoms with van der Waals surface area (Å²) in [6.45, 7) is 0. The fourth-order valence-electron chi connectivity index (χ4n) is 2.36. The SMILES string of the molecule is O=C(Cc1ccc(Cl)cc1F)NC1CCCCC1. The number of amides is 1. The van der Waals surface area contributed by atoms with Crippen molar-refractivity contribution in [2.45, 2.75) is 44.6 Å². The van der Waals surface area contributed by atoms with E-state index in [2.05, 4.69) is 5.32 Å². The Bertz CT molecular complexity index is 430. The van der Waals surface area contributed by atoms with Gasteiger partial charge in [-0.3, -0.25) is 4.79 Å². The first-order valence-corrected chi connectivity index (χ1v) is 6.76. The van der Waals surface area contributed by atoms with Crippen LogP contribution in [-0.2, 0) is 11.2 Å². The van der Waals surface area contributed by atoms with Crippen molar-refractivity contribution in [3.8, 4) is 0 Å². The number of rotatable bonds is 3. The number of carbonyl (C=O) groups is 1. The summed E-state index contributed by atoms with van der Waals surface area (Å²) in [6.07, 6.45) is 5.74. The minimum atomic E-state index is -0.415. The molecular formula is C14H17ClFNO. The molecule has 1 aliphatic carbocycles. The van der Waals surface area contributed by atoms with Crippen LogP contribution in [0.25, 0.3) is 0 Å². The molecule has 4 heteroatoms. The zero-order valence-corrected chi connectivity index (χ0v) is 11.0. The Morgan fingerprint density at radius 3 is 2.72 bits per heavy atom. The fraction of sp³-hybridized carbons (Fsp3) is 0.500. The predicted octanol–water partition coefficient (Wildman–Crippen LogP) is 3.47. The third-order valence-electron chi connectivity index (χ3n) is 3.34. The second-order valence-corrected chi connectivity index (χ2v) is 5.25. The molecule has 0 spiro atoms. The molecule has 98 valence electrons. The highest BCUT2D eigenvalue weighted by Crippen LogP contribution is 2.18. The first kappa shape index (κ1) is 13.3. The van der Waals surface area contributed by atoms with E-state index >= 15 is 0 Å². The lowest BCUT2D eigenvalue weighted by Crippen LogP contribution is -2.37. The monoisotopic (exact) mass is 269 g/mol. The molecule has 18 heavy (non-hydrogen) atoms. The Morgan fingerprint density at radius 1 is 1.33 bits per heavy atom. The van der Waals surface area contributed by atoms with E-state index in [1.54, 1.807) is 12.1 Å². The van der Waals surface area contributed by atoms with Gasteiger partial charge in [0.25, 0.3) is 0 Å². The van der Waals surface area contributed by atoms with Crippen LogP contribution in [0.5, 0.6) is 0 Å². The standard InChI is InChI=1S/C14H17ClFNO/c15-11-7-6-10(13(16)9-11)8-14(18)17-12-4-2-1-3-5-12/h6-7,9,12H,1-5,8H2,(H,17,18). The van der Waals surface area contributed by atoms with Crippen molar-refractivity contribution in [1.29, 1.82) is 0 Å². The highest BCUT2D eigenvalue weighted by atomic mass is 35.5. The smallest absolute Gasteiger partial charge is 0.224 e. The Morgan fingerprint density at radius 2 is 2.06 bits per heavy atom. The Labute approximate surface area is 112 Å². The number of benzene rings is 1. The maximum atomic E-state index is 13.5. The van der Waals surface area contributed by atoms with Crippen molar-refractivity contribution in [2.24, 2.45) is 0 Å². The molecule has 0 saturated heterocycles. The van der Waals surface area contributed by atoms with Crippen LogP contribution in [0.15, 0.2) is 18.2 Å². The van der Waals surface area contributed by atoms with Crippen molar-refractivity contribution >= 4 is 17.5 Å². The van der Waals surface area contributed by atoms with Gasteiger partial charge in [-0.1, -0.05) is 36.9 Å². The van der Waals surface area contributed by atoms with Gasteiger partial charge in [-0.25, -0.2) is 4.39 Å². The number of nitrogens with one attached hydrogen (secondary N) is 1. The van der Waals surface area contributed by atoms with Gasteiger partial charge in [-0.2, -0.15) is 0 Å². The van der Waals surface area contributed by atoms with Crippen LogP contribution in [0, 0.1) is 5.82 Å². The minimum absolute atomic E-state index is 0.0828. The van der Waals surface area contributed by atoms with Crippen LogP contribution in [0.3, 0.4) is 0 Å². The van der Waals surface area contributed by atoms with E-state index in [4.69, 9.17) is 11.6 Å². The summed E-state index contributed by atoms with van der Waals surface area (Å²) in [4.78, 5) is 11.8. The average Bonchev–Trinajstić information content (AvgIpc) is 2.34. The molecule has 0 unspecified atom stereocenters. The lowest BCUT2D eigenvalue weighted by atomic mass is 9.95. The quantitative estimate of drug-likeness (QED) is 0.894. The summed E-state index contributed by atoms with van der Waals surface area (Å²) < 4.78 is 13.5. The van der Waals surface area contributed by atoms with E-state index < -0.39 is 5.82 Å². The molecule has 1 saturated carbocycles. The lowest BCUT2D eigenvalue weighted by molar-refractivity contribution is -0.121. The van der Waals surface area contributed by atoms with Gasteiger partial charge >= 0.3 is 0 Å². The molecule has 0 radical (unpaired) electrons. The summed E-state index contributed by atoms with van der Waals surface area (Å²) in [5.41, 5.74) is 0.396. The summed E-state index contributed by atoms with van der Waals surface area (Å²) in [6, 6.07) is 4.68. The van der Waals surface area contributed by atoms with Gasteiger partial charge in [0.15, 0.2) is 0 Å². The molecule has 0 atom stereocenters. The summed E-state index contributed by atoms with van der Waals surface area (Å²) in [7, 11) is 0. The van der Waals surface area contributed by atoms with Crippen molar-refractivity contribution in [3.63, 3.8) is 0 Å². The second-order valence-electron chi connectivity index (χ2n) is 4.81. The van der Waals surface area contributed by atoms with Crippen LogP contribution in [-0.4, -0.2) is 11.9 Å². The first-order valence-electron chi connectivity index (χ1n) is 6.38. The molecule has 1 aromatic rings. The molecule has 0 heterocycles. The molecule has 1 aliphatic rings. The average molecular weight is 270 g/mol.